The van der Waals surface area contributed by atoms with Crippen molar-refractivity contribution in [2.75, 3.05) is 38.0 Å². The number of aryl methyl sites for hydroxylation is 2. The molecule has 0 bridgehead atoms. The molecule has 13 heteroatoms. The number of amides is 1. The second-order valence-electron chi connectivity index (χ2n) is 7.01. The van der Waals surface area contributed by atoms with Crippen molar-refractivity contribution >= 4 is 21.6 Å². The molecule has 1 fully saturated rings. The van der Waals surface area contributed by atoms with Gasteiger partial charge in [0.15, 0.2) is 23.3 Å². The highest BCUT2D eigenvalue weighted by molar-refractivity contribution is 7.89. The highest BCUT2D eigenvalue weighted by atomic mass is 32.2. The van der Waals surface area contributed by atoms with Gasteiger partial charge in [-0.2, -0.15) is 9.40 Å². The molecule has 1 amide bonds. The van der Waals surface area contributed by atoms with Crippen LogP contribution in [0.4, 0.5) is 23.2 Å². The summed E-state index contributed by atoms with van der Waals surface area (Å²) < 4.78 is 82.4. The number of rotatable bonds is 6. The molecule has 1 aliphatic heterocycles. The van der Waals surface area contributed by atoms with Gasteiger partial charge >= 0.3 is 0 Å². The maximum atomic E-state index is 13.7. The zero-order chi connectivity index (χ0) is 22.9. The standard InChI is InChI=1S/C18H21F4N5O3S/c1-3-26-9-14(11(2)24-26)31(29,30)27-6-4-25(5-7-27)10-15(28)23-18-16(21)12(19)8-13(20)17(18)22/h8-9H,3-7,10H2,1-2H3,(H,23,28). The largest absolute Gasteiger partial charge is 0.320 e. The zero-order valence-electron chi connectivity index (χ0n) is 16.8. The van der Waals surface area contributed by atoms with Crippen molar-refractivity contribution in [1.29, 1.82) is 0 Å². The Bertz CT molecular complexity index is 1070. The second kappa shape index (κ2) is 8.93. The molecule has 8 nitrogen and oxygen atoms in total. The van der Waals surface area contributed by atoms with Crippen LogP contribution in [0.5, 0.6) is 0 Å². The molecule has 31 heavy (non-hydrogen) atoms. The first kappa shape index (κ1) is 23.2. The Morgan fingerprint density at radius 2 is 1.68 bits per heavy atom. The van der Waals surface area contributed by atoms with E-state index in [-0.39, 0.29) is 43.7 Å². The van der Waals surface area contributed by atoms with E-state index in [1.54, 1.807) is 11.8 Å². The van der Waals surface area contributed by atoms with Gasteiger partial charge in [0.2, 0.25) is 15.9 Å². The van der Waals surface area contributed by atoms with E-state index in [0.29, 0.717) is 12.2 Å². The van der Waals surface area contributed by atoms with Crippen LogP contribution in [0.15, 0.2) is 17.2 Å². The summed E-state index contributed by atoms with van der Waals surface area (Å²) in [6.07, 6.45) is 1.46. The second-order valence-corrected chi connectivity index (χ2v) is 8.91. The lowest BCUT2D eigenvalue weighted by Gasteiger charge is -2.33. The molecular weight excluding hydrogens is 442 g/mol. The number of sulfonamides is 1. The number of anilines is 1. The minimum atomic E-state index is -3.76. The molecule has 2 aromatic rings. The third kappa shape index (κ3) is 4.72. The SMILES string of the molecule is CCn1cc(S(=O)(=O)N2CCN(CC(=O)Nc3c(F)c(F)cc(F)c3F)CC2)c(C)n1. The number of aromatic nitrogens is 2. The van der Waals surface area contributed by atoms with Crippen molar-refractivity contribution in [2.45, 2.75) is 25.3 Å². The maximum Gasteiger partial charge on any atom is 0.246 e. The normalized spacial score (nSPS) is 15.9. The van der Waals surface area contributed by atoms with E-state index in [1.165, 1.54) is 15.2 Å². The Morgan fingerprint density at radius 1 is 1.10 bits per heavy atom. The van der Waals surface area contributed by atoms with Crippen LogP contribution in [-0.2, 0) is 21.4 Å². The molecule has 1 aromatic carbocycles. The monoisotopic (exact) mass is 463 g/mol. The van der Waals surface area contributed by atoms with E-state index in [4.69, 9.17) is 0 Å². The molecule has 3 rings (SSSR count). The molecule has 1 saturated heterocycles. The number of halogens is 4. The first-order valence-corrected chi connectivity index (χ1v) is 10.9. The summed E-state index contributed by atoms with van der Waals surface area (Å²) in [5.41, 5.74) is -0.817. The van der Waals surface area contributed by atoms with Gasteiger partial charge in [0, 0.05) is 45.0 Å². The Labute approximate surface area is 176 Å². The highest BCUT2D eigenvalue weighted by Crippen LogP contribution is 2.24. The molecule has 0 radical (unpaired) electrons. The smallest absolute Gasteiger partial charge is 0.246 e. The lowest BCUT2D eigenvalue weighted by Crippen LogP contribution is -2.50. The fraction of sp³-hybridized carbons (Fsp3) is 0.444. The molecule has 1 N–H and O–H groups in total. The van der Waals surface area contributed by atoms with Crippen LogP contribution in [0, 0.1) is 30.2 Å². The van der Waals surface area contributed by atoms with Crippen molar-refractivity contribution in [1.82, 2.24) is 19.0 Å². The lowest BCUT2D eigenvalue weighted by molar-refractivity contribution is -0.117. The summed E-state index contributed by atoms with van der Waals surface area (Å²) in [5.74, 6) is -7.55. The minimum absolute atomic E-state index is 0.0475. The lowest BCUT2D eigenvalue weighted by atomic mass is 10.2. The van der Waals surface area contributed by atoms with E-state index in [2.05, 4.69) is 5.10 Å². The van der Waals surface area contributed by atoms with Crippen molar-refractivity contribution < 1.29 is 30.8 Å². The van der Waals surface area contributed by atoms with Crippen molar-refractivity contribution in [3.05, 3.63) is 41.2 Å². The third-order valence-corrected chi connectivity index (χ3v) is 6.92. The summed E-state index contributed by atoms with van der Waals surface area (Å²) in [6, 6.07) is 0.0475. The van der Waals surface area contributed by atoms with Gasteiger partial charge in [-0.05, 0) is 13.8 Å². The third-order valence-electron chi connectivity index (χ3n) is 4.92. The van der Waals surface area contributed by atoms with Crippen LogP contribution in [0.2, 0.25) is 0 Å². The quantitative estimate of drug-likeness (QED) is 0.521. The van der Waals surface area contributed by atoms with Crippen LogP contribution in [0.3, 0.4) is 0 Å². The fourth-order valence-electron chi connectivity index (χ4n) is 3.25. The average molecular weight is 463 g/mol. The molecule has 0 saturated carbocycles. The van der Waals surface area contributed by atoms with E-state index in [1.807, 2.05) is 12.2 Å². The fourth-order valence-corrected chi connectivity index (χ4v) is 4.84. The average Bonchev–Trinajstić information content (AvgIpc) is 3.12. The molecule has 0 atom stereocenters. The Hall–Kier alpha value is -2.51. The van der Waals surface area contributed by atoms with Gasteiger partial charge in [0.05, 0.1) is 12.2 Å². The van der Waals surface area contributed by atoms with Crippen LogP contribution in [0.25, 0.3) is 0 Å². The molecule has 1 aromatic heterocycles. The number of carbonyl (C=O) groups excluding carboxylic acids is 1. The summed E-state index contributed by atoms with van der Waals surface area (Å²) in [6.45, 7) is 4.16. The van der Waals surface area contributed by atoms with Crippen LogP contribution < -0.4 is 5.32 Å². The van der Waals surface area contributed by atoms with Gasteiger partial charge in [-0.1, -0.05) is 0 Å². The predicted octanol–water partition coefficient (Wildman–Crippen LogP) is 1.71. The number of nitrogens with zero attached hydrogens (tertiary/aromatic N) is 4. The van der Waals surface area contributed by atoms with E-state index < -0.39 is 44.9 Å². The highest BCUT2D eigenvalue weighted by Gasteiger charge is 2.32. The summed E-state index contributed by atoms with van der Waals surface area (Å²) in [5, 5.41) is 5.98. The van der Waals surface area contributed by atoms with Gasteiger partial charge in [-0.25, -0.2) is 26.0 Å². The number of hydrogen-bond donors (Lipinski definition) is 1. The number of carbonyl (C=O) groups is 1. The summed E-state index contributed by atoms with van der Waals surface area (Å²) >= 11 is 0. The predicted molar refractivity (Wildman–Crippen MR) is 103 cm³/mol. The summed E-state index contributed by atoms with van der Waals surface area (Å²) in [7, 11) is -3.76. The van der Waals surface area contributed by atoms with Crippen LogP contribution in [0.1, 0.15) is 12.6 Å². The molecule has 2 heterocycles. The number of nitrogens with one attached hydrogen (secondary N) is 1. The molecular formula is C18H21F4N5O3S. The van der Waals surface area contributed by atoms with Crippen molar-refractivity contribution in [2.24, 2.45) is 0 Å². The van der Waals surface area contributed by atoms with E-state index in [9.17, 15) is 30.8 Å². The topological polar surface area (TPSA) is 87.5 Å². The van der Waals surface area contributed by atoms with Crippen LogP contribution in [-0.4, -0.2) is 66.0 Å². The molecule has 0 aliphatic carbocycles. The van der Waals surface area contributed by atoms with E-state index in [0.717, 1.165) is 0 Å². The van der Waals surface area contributed by atoms with Gasteiger partial charge in [0.1, 0.15) is 10.6 Å². The maximum absolute atomic E-state index is 13.7. The molecule has 0 unspecified atom stereocenters. The minimum Gasteiger partial charge on any atom is -0.320 e. The van der Waals surface area contributed by atoms with Crippen LogP contribution >= 0.6 is 0 Å². The number of piperazine rings is 1. The first-order valence-electron chi connectivity index (χ1n) is 9.44. The van der Waals surface area contributed by atoms with E-state index >= 15 is 0 Å². The van der Waals surface area contributed by atoms with Crippen molar-refractivity contribution in [3.63, 3.8) is 0 Å². The van der Waals surface area contributed by atoms with Gasteiger partial charge < -0.3 is 5.32 Å². The molecule has 0 spiro atoms. The Balaban J connectivity index is 1.62. The number of hydrogen-bond acceptors (Lipinski definition) is 5. The molecule has 170 valence electrons. The van der Waals surface area contributed by atoms with Gasteiger partial charge in [-0.3, -0.25) is 14.4 Å². The molecule has 1 aliphatic rings. The first-order chi connectivity index (χ1) is 14.5. The van der Waals surface area contributed by atoms with Crippen molar-refractivity contribution in [3.8, 4) is 0 Å². The van der Waals surface area contributed by atoms with Gasteiger partial charge in [-0.15, -0.1) is 0 Å². The Kier molecular flexibility index (Phi) is 6.67. The summed E-state index contributed by atoms with van der Waals surface area (Å²) in [4.78, 5) is 13.8. The number of benzene rings is 1. The zero-order valence-corrected chi connectivity index (χ0v) is 17.6. The Morgan fingerprint density at radius 3 is 2.19 bits per heavy atom. The van der Waals surface area contributed by atoms with Gasteiger partial charge in [0.25, 0.3) is 0 Å².